The number of thiocarbonyl (C=S) groups is 1. The highest BCUT2D eigenvalue weighted by molar-refractivity contribution is 9.10. The van der Waals surface area contributed by atoms with Crippen molar-refractivity contribution >= 4 is 95.6 Å². The molecule has 26 heavy (non-hydrogen) atoms. The molecule has 0 aliphatic rings. The molecule has 0 aliphatic carbocycles. The van der Waals surface area contributed by atoms with Crippen molar-refractivity contribution in [2.75, 3.05) is 5.32 Å². The molecule has 0 aliphatic heterocycles. The first-order valence-corrected chi connectivity index (χ1v) is 10.2. The van der Waals surface area contributed by atoms with Crippen molar-refractivity contribution in [1.29, 1.82) is 0 Å². The zero-order chi connectivity index (χ0) is 19.3. The van der Waals surface area contributed by atoms with Crippen LogP contribution in [0, 0.1) is 0 Å². The second kappa shape index (κ2) is 9.57. The molecule has 2 rings (SSSR count). The number of benzene rings is 2. The van der Waals surface area contributed by atoms with Gasteiger partial charge in [-0.3, -0.25) is 4.79 Å². The van der Waals surface area contributed by atoms with Crippen LogP contribution in [0.1, 0.15) is 10.4 Å². The maximum absolute atomic E-state index is 12.4. The summed E-state index contributed by atoms with van der Waals surface area (Å²) in [5, 5.41) is 8.58. The molecule has 10 heteroatoms. The van der Waals surface area contributed by atoms with Crippen LogP contribution in [0.5, 0.6) is 0 Å². The fourth-order valence-corrected chi connectivity index (χ4v) is 2.94. The van der Waals surface area contributed by atoms with E-state index >= 15 is 0 Å². The van der Waals surface area contributed by atoms with Gasteiger partial charge < -0.3 is 16.0 Å². The zero-order valence-electron chi connectivity index (χ0n) is 12.9. The van der Waals surface area contributed by atoms with Gasteiger partial charge in [-0.05, 0) is 60.7 Å². The summed E-state index contributed by atoms with van der Waals surface area (Å²) in [6, 6.07) is 14.1. The molecule has 0 saturated carbocycles. The number of amides is 1. The second-order valence-electron chi connectivity index (χ2n) is 5.06. The number of carbonyl (C=O) groups excluding carboxylic acids is 1. The highest BCUT2D eigenvalue weighted by Gasteiger charge is 2.34. The van der Waals surface area contributed by atoms with Crippen molar-refractivity contribution in [3.8, 4) is 0 Å². The van der Waals surface area contributed by atoms with Crippen molar-refractivity contribution in [2.45, 2.75) is 9.96 Å². The van der Waals surface area contributed by atoms with E-state index in [1.54, 1.807) is 24.3 Å². The number of anilines is 1. The molecular weight excluding hydrogens is 548 g/mol. The molecule has 0 spiro atoms. The molecule has 1 atom stereocenters. The maximum atomic E-state index is 12.4. The predicted molar refractivity (Wildman–Crippen MR) is 119 cm³/mol. The molecule has 0 fully saturated rings. The minimum Gasteiger partial charge on any atom is -0.339 e. The van der Waals surface area contributed by atoms with Crippen molar-refractivity contribution in [2.24, 2.45) is 0 Å². The lowest BCUT2D eigenvalue weighted by Crippen LogP contribution is -2.56. The van der Waals surface area contributed by atoms with Crippen molar-refractivity contribution in [3.63, 3.8) is 0 Å². The summed E-state index contributed by atoms with van der Waals surface area (Å²) in [7, 11) is 0. The lowest BCUT2D eigenvalue weighted by Gasteiger charge is -2.27. The molecular formula is C16H12Br2Cl3N3OS. The van der Waals surface area contributed by atoms with Crippen molar-refractivity contribution in [3.05, 3.63) is 63.0 Å². The second-order valence-corrected chi connectivity index (χ2v) is 9.67. The van der Waals surface area contributed by atoms with Crippen LogP contribution in [0.2, 0.25) is 0 Å². The Bertz CT molecular complexity index is 783. The Balaban J connectivity index is 2.04. The average molecular weight is 561 g/mol. The molecule has 0 unspecified atom stereocenters. The highest BCUT2D eigenvalue weighted by atomic mass is 79.9. The summed E-state index contributed by atoms with van der Waals surface area (Å²) in [5.74, 6) is -0.409. The van der Waals surface area contributed by atoms with Gasteiger partial charge in [0.25, 0.3) is 5.91 Å². The van der Waals surface area contributed by atoms with Gasteiger partial charge in [-0.1, -0.05) is 66.7 Å². The molecule has 2 aromatic rings. The van der Waals surface area contributed by atoms with E-state index in [0.29, 0.717) is 5.56 Å². The van der Waals surface area contributed by atoms with E-state index in [4.69, 9.17) is 47.0 Å². The minimum atomic E-state index is -1.82. The SMILES string of the molecule is O=C(N[C@H](NC(=S)Nc1ccc(Br)cc1)C(Cl)(Cl)Cl)c1ccc(Br)cc1. The Morgan fingerprint density at radius 2 is 1.42 bits per heavy atom. The van der Waals surface area contributed by atoms with Crippen LogP contribution in [-0.4, -0.2) is 21.0 Å². The monoisotopic (exact) mass is 557 g/mol. The summed E-state index contributed by atoms with van der Waals surface area (Å²) in [4.78, 5) is 12.4. The van der Waals surface area contributed by atoms with E-state index in [1.165, 1.54) is 0 Å². The lowest BCUT2D eigenvalue weighted by atomic mass is 10.2. The van der Waals surface area contributed by atoms with Gasteiger partial charge in [-0.25, -0.2) is 0 Å². The Morgan fingerprint density at radius 3 is 1.92 bits per heavy atom. The predicted octanol–water partition coefficient (Wildman–Crippen LogP) is 5.62. The first-order chi connectivity index (χ1) is 12.1. The molecule has 2 aromatic carbocycles. The summed E-state index contributed by atoms with van der Waals surface area (Å²) in [5.41, 5.74) is 1.16. The van der Waals surface area contributed by atoms with E-state index in [2.05, 4.69) is 47.8 Å². The van der Waals surface area contributed by atoms with Gasteiger partial charge in [0.1, 0.15) is 6.17 Å². The number of hydrogen-bond donors (Lipinski definition) is 3. The van der Waals surface area contributed by atoms with Crippen LogP contribution >= 0.6 is 78.9 Å². The Kier molecular flexibility index (Phi) is 8.00. The van der Waals surface area contributed by atoms with Crippen molar-refractivity contribution in [1.82, 2.24) is 10.6 Å². The topological polar surface area (TPSA) is 53.2 Å². The van der Waals surface area contributed by atoms with Crippen molar-refractivity contribution < 1.29 is 4.79 Å². The standard InChI is InChI=1S/C16H12Br2Cl3N3OS/c17-10-3-1-9(2-4-10)13(25)23-14(16(19,20)21)24-15(26)22-12-7-5-11(18)6-8-12/h1-8,14H,(H,23,25)(H2,22,24,26)/t14-/m1/s1. The quantitative estimate of drug-likeness (QED) is 0.258. The number of alkyl halides is 3. The first-order valence-electron chi connectivity index (χ1n) is 7.11. The summed E-state index contributed by atoms with van der Waals surface area (Å²) in [6.45, 7) is 0. The summed E-state index contributed by atoms with van der Waals surface area (Å²) >= 11 is 29.8. The molecule has 4 nitrogen and oxygen atoms in total. The van der Waals surface area contributed by atoms with Gasteiger partial charge in [0.15, 0.2) is 5.11 Å². The van der Waals surface area contributed by atoms with Crippen LogP contribution in [0.15, 0.2) is 57.5 Å². The van der Waals surface area contributed by atoms with Gasteiger partial charge in [0.05, 0.1) is 0 Å². The van der Waals surface area contributed by atoms with E-state index in [0.717, 1.165) is 14.6 Å². The van der Waals surface area contributed by atoms with E-state index in [-0.39, 0.29) is 5.11 Å². The van der Waals surface area contributed by atoms with Gasteiger partial charge in [0.2, 0.25) is 3.79 Å². The molecule has 0 radical (unpaired) electrons. The van der Waals surface area contributed by atoms with Gasteiger partial charge >= 0.3 is 0 Å². The fraction of sp³-hybridized carbons (Fsp3) is 0.125. The first kappa shape index (κ1) is 21.7. The molecule has 138 valence electrons. The smallest absolute Gasteiger partial charge is 0.252 e. The number of carbonyl (C=O) groups is 1. The van der Waals surface area contributed by atoms with Crippen LogP contribution < -0.4 is 16.0 Å². The maximum Gasteiger partial charge on any atom is 0.252 e. The molecule has 0 saturated heterocycles. The normalized spacial score (nSPS) is 12.2. The number of rotatable bonds is 4. The fourth-order valence-electron chi connectivity index (χ4n) is 1.85. The molecule has 0 heterocycles. The zero-order valence-corrected chi connectivity index (χ0v) is 19.2. The van der Waals surface area contributed by atoms with E-state index < -0.39 is 15.9 Å². The van der Waals surface area contributed by atoms with Crippen LogP contribution in [0.4, 0.5) is 5.69 Å². The minimum absolute atomic E-state index is 0.194. The van der Waals surface area contributed by atoms with E-state index in [9.17, 15) is 4.79 Å². The molecule has 3 N–H and O–H groups in total. The molecule has 1 amide bonds. The Morgan fingerprint density at radius 1 is 0.923 bits per heavy atom. The Labute approximate surface area is 188 Å². The third-order valence-electron chi connectivity index (χ3n) is 3.09. The molecule has 0 bridgehead atoms. The van der Waals surface area contributed by atoms with Crippen LogP contribution in [-0.2, 0) is 0 Å². The molecule has 0 aromatic heterocycles. The van der Waals surface area contributed by atoms with E-state index in [1.807, 2.05) is 24.3 Å². The van der Waals surface area contributed by atoms with Gasteiger partial charge in [-0.2, -0.15) is 0 Å². The number of nitrogens with one attached hydrogen (secondary N) is 3. The lowest BCUT2D eigenvalue weighted by molar-refractivity contribution is 0.0934. The van der Waals surface area contributed by atoms with Gasteiger partial charge in [-0.15, -0.1) is 0 Å². The van der Waals surface area contributed by atoms with Gasteiger partial charge in [0, 0.05) is 20.2 Å². The number of hydrogen-bond acceptors (Lipinski definition) is 2. The summed E-state index contributed by atoms with van der Waals surface area (Å²) < 4.78 is -0.0379. The largest absolute Gasteiger partial charge is 0.339 e. The number of halogens is 5. The summed E-state index contributed by atoms with van der Waals surface area (Å²) in [6.07, 6.45) is -1.04. The Hall–Kier alpha value is -0.570. The third-order valence-corrected chi connectivity index (χ3v) is 5.02. The third kappa shape index (κ3) is 6.87. The van der Waals surface area contributed by atoms with Crippen LogP contribution in [0.3, 0.4) is 0 Å². The van der Waals surface area contributed by atoms with Crippen LogP contribution in [0.25, 0.3) is 0 Å². The average Bonchev–Trinajstić information content (AvgIpc) is 2.56. The highest BCUT2D eigenvalue weighted by Crippen LogP contribution is 2.29.